The van der Waals surface area contributed by atoms with Crippen molar-refractivity contribution in [3.05, 3.63) is 35.9 Å². The van der Waals surface area contributed by atoms with Crippen molar-refractivity contribution in [2.45, 2.75) is 111 Å². The molecule has 4 N–H and O–H groups in total. The van der Waals surface area contributed by atoms with Gasteiger partial charge in [-0.25, -0.2) is 4.90 Å². The fraction of sp³-hybridized carbons (Fsp3) is 0.656. The predicted octanol–water partition coefficient (Wildman–Crippen LogP) is 2.93. The monoisotopic (exact) mass is 586 g/mol. The molecule has 0 bridgehead atoms. The van der Waals surface area contributed by atoms with E-state index < -0.39 is 59.3 Å². The summed E-state index contributed by atoms with van der Waals surface area (Å²) in [7, 11) is 0. The first-order valence-electron chi connectivity index (χ1n) is 15.1. The molecule has 1 fully saturated rings. The summed E-state index contributed by atoms with van der Waals surface area (Å²) in [5.74, 6) is -4.69. The van der Waals surface area contributed by atoms with Gasteiger partial charge >= 0.3 is 0 Å². The quantitative estimate of drug-likeness (QED) is 0.332. The number of carbonyl (C=O) groups is 5. The molecule has 10 nitrogen and oxygen atoms in total. The molecule has 4 atom stereocenters. The number of nitrogens with zero attached hydrogens (tertiary/aromatic N) is 1. The second kappa shape index (κ2) is 15.3. The molecular weight excluding hydrogens is 536 g/mol. The van der Waals surface area contributed by atoms with Gasteiger partial charge in [-0.15, -0.1) is 0 Å². The van der Waals surface area contributed by atoms with Gasteiger partial charge in [0, 0.05) is 18.8 Å². The van der Waals surface area contributed by atoms with E-state index in [1.54, 1.807) is 0 Å². The van der Waals surface area contributed by atoms with Crippen LogP contribution < -0.4 is 16.0 Å². The molecule has 0 aromatic heterocycles. The lowest BCUT2D eigenvalue weighted by Gasteiger charge is -2.42. The Morgan fingerprint density at radius 2 is 1.31 bits per heavy atom. The van der Waals surface area contributed by atoms with Gasteiger partial charge in [0.2, 0.25) is 23.4 Å². The molecular formula is C32H50N4O6. The van der Waals surface area contributed by atoms with Gasteiger partial charge in [0.05, 0.1) is 0 Å². The highest BCUT2D eigenvalue weighted by Crippen LogP contribution is 2.28. The molecule has 4 unspecified atom stereocenters. The average Bonchev–Trinajstić information content (AvgIpc) is 2.89. The smallest absolute Gasteiger partial charge is 0.274 e. The topological polar surface area (TPSA) is 145 Å². The molecule has 10 heteroatoms. The highest BCUT2D eigenvalue weighted by molar-refractivity contribution is 6.06. The number of imide groups is 1. The van der Waals surface area contributed by atoms with Crippen molar-refractivity contribution >= 4 is 29.5 Å². The lowest BCUT2D eigenvalue weighted by molar-refractivity contribution is -0.192. The minimum absolute atomic E-state index is 0.0386. The van der Waals surface area contributed by atoms with E-state index in [4.69, 9.17) is 0 Å². The largest absolute Gasteiger partial charge is 0.362 e. The van der Waals surface area contributed by atoms with Gasteiger partial charge in [-0.05, 0) is 42.6 Å². The van der Waals surface area contributed by atoms with E-state index in [2.05, 4.69) is 16.0 Å². The van der Waals surface area contributed by atoms with Gasteiger partial charge < -0.3 is 21.1 Å². The van der Waals surface area contributed by atoms with Crippen LogP contribution in [0.1, 0.15) is 86.6 Å². The Kier molecular flexibility index (Phi) is 12.7. The molecule has 0 radical (unpaired) electrons. The maximum Gasteiger partial charge on any atom is 0.274 e. The molecule has 2 rings (SSSR count). The summed E-state index contributed by atoms with van der Waals surface area (Å²) in [6, 6.07) is 5.75. The van der Waals surface area contributed by atoms with Crippen LogP contribution in [0, 0.1) is 23.7 Å². The van der Waals surface area contributed by atoms with Crippen molar-refractivity contribution in [2.75, 3.05) is 0 Å². The third kappa shape index (κ3) is 9.11. The Morgan fingerprint density at radius 3 is 1.83 bits per heavy atom. The van der Waals surface area contributed by atoms with E-state index in [0.29, 0.717) is 11.3 Å². The van der Waals surface area contributed by atoms with Gasteiger partial charge in [0.1, 0.15) is 18.1 Å². The lowest BCUT2D eigenvalue weighted by atomic mass is 9.91. The van der Waals surface area contributed by atoms with Crippen LogP contribution in [0.15, 0.2) is 30.3 Å². The van der Waals surface area contributed by atoms with Crippen LogP contribution >= 0.6 is 0 Å². The molecule has 5 amide bonds. The summed E-state index contributed by atoms with van der Waals surface area (Å²) in [5, 5.41) is 20.2. The summed E-state index contributed by atoms with van der Waals surface area (Å²) in [6.07, 6.45) is 0.848. The van der Waals surface area contributed by atoms with Crippen molar-refractivity contribution in [1.82, 2.24) is 20.9 Å². The molecule has 0 spiro atoms. The first kappa shape index (κ1) is 34.9. The minimum Gasteiger partial charge on any atom is -0.362 e. The predicted molar refractivity (Wildman–Crippen MR) is 161 cm³/mol. The Bertz CT molecular complexity index is 1100. The van der Waals surface area contributed by atoms with Gasteiger partial charge in [-0.2, -0.15) is 0 Å². The van der Waals surface area contributed by atoms with Crippen molar-refractivity contribution in [2.24, 2.45) is 23.7 Å². The van der Waals surface area contributed by atoms with Gasteiger partial charge in [0.15, 0.2) is 0 Å². The molecule has 0 aliphatic carbocycles. The molecule has 234 valence electrons. The highest BCUT2D eigenvalue weighted by atomic mass is 16.3. The SMILES string of the molecule is CC(C)CCC(=O)N1C(=O)C(CC(C)C)NC(=O)C(Cc2ccccc2)NC(=O)C(CC(C)C)NC(=O)C1(O)C(C)C. The molecule has 1 aliphatic heterocycles. The second-order valence-corrected chi connectivity index (χ2v) is 13.0. The van der Waals surface area contributed by atoms with Crippen LogP contribution in [-0.2, 0) is 30.4 Å². The standard InChI is InChI=1S/C32H50N4O6/c1-19(2)14-15-27(37)36-30(40)26(17-21(5)6)34-29(39)25(18-23-12-10-9-11-13-23)33-28(38)24(16-20(3)4)35-31(41)32(36,42)22(7)8/h9-13,19-22,24-26,42H,14-18H2,1-8H3,(H,33,38)(H,34,39)(H,35,41). The normalized spacial score (nSPS) is 24.4. The van der Waals surface area contributed by atoms with E-state index in [9.17, 15) is 29.1 Å². The molecule has 42 heavy (non-hydrogen) atoms. The van der Waals surface area contributed by atoms with Crippen LogP contribution in [0.4, 0.5) is 0 Å². The second-order valence-electron chi connectivity index (χ2n) is 13.0. The molecule has 0 saturated carbocycles. The summed E-state index contributed by atoms with van der Waals surface area (Å²) in [6.45, 7) is 14.4. The van der Waals surface area contributed by atoms with Crippen molar-refractivity contribution < 1.29 is 29.1 Å². The Labute approximate surface area is 250 Å². The zero-order valence-corrected chi connectivity index (χ0v) is 26.4. The van der Waals surface area contributed by atoms with Crippen molar-refractivity contribution in [3.8, 4) is 0 Å². The zero-order valence-electron chi connectivity index (χ0n) is 26.4. The van der Waals surface area contributed by atoms with E-state index >= 15 is 0 Å². The first-order valence-corrected chi connectivity index (χ1v) is 15.1. The van der Waals surface area contributed by atoms with E-state index in [1.165, 1.54) is 13.8 Å². The molecule has 1 aromatic rings. The van der Waals surface area contributed by atoms with E-state index in [1.807, 2.05) is 71.9 Å². The molecule has 1 saturated heterocycles. The maximum absolute atomic E-state index is 14.2. The number of hydrogen-bond donors (Lipinski definition) is 4. The third-order valence-electron chi connectivity index (χ3n) is 7.45. The maximum atomic E-state index is 14.2. The fourth-order valence-electron chi connectivity index (χ4n) is 5.05. The number of rotatable bonds is 10. The van der Waals surface area contributed by atoms with Crippen LogP contribution in [0.5, 0.6) is 0 Å². The van der Waals surface area contributed by atoms with Crippen LogP contribution in [0.3, 0.4) is 0 Å². The summed E-state index contributed by atoms with van der Waals surface area (Å²) < 4.78 is 0. The number of carbonyl (C=O) groups excluding carboxylic acids is 5. The van der Waals surface area contributed by atoms with Crippen molar-refractivity contribution in [3.63, 3.8) is 0 Å². The van der Waals surface area contributed by atoms with E-state index in [-0.39, 0.29) is 43.4 Å². The fourth-order valence-corrected chi connectivity index (χ4v) is 5.05. The number of benzene rings is 1. The van der Waals surface area contributed by atoms with Crippen LogP contribution in [0.2, 0.25) is 0 Å². The lowest BCUT2D eigenvalue weighted by Crippen LogP contribution is -2.70. The van der Waals surface area contributed by atoms with Gasteiger partial charge in [0.25, 0.3) is 11.8 Å². The third-order valence-corrected chi connectivity index (χ3v) is 7.45. The Morgan fingerprint density at radius 1 is 0.786 bits per heavy atom. The van der Waals surface area contributed by atoms with Crippen LogP contribution in [0.25, 0.3) is 0 Å². The van der Waals surface area contributed by atoms with E-state index in [0.717, 1.165) is 5.56 Å². The molecule has 1 aliphatic rings. The number of hydrogen-bond acceptors (Lipinski definition) is 6. The van der Waals surface area contributed by atoms with Gasteiger partial charge in [-0.1, -0.05) is 85.7 Å². The first-order chi connectivity index (χ1) is 19.6. The average molecular weight is 587 g/mol. The minimum atomic E-state index is -2.59. The highest BCUT2D eigenvalue weighted by Gasteiger charge is 2.53. The van der Waals surface area contributed by atoms with Crippen LogP contribution in [-0.4, -0.2) is 63.4 Å². The van der Waals surface area contributed by atoms with Crippen molar-refractivity contribution in [1.29, 1.82) is 0 Å². The Hall–Kier alpha value is -3.27. The Balaban J connectivity index is 2.72. The number of amides is 5. The zero-order chi connectivity index (χ0) is 31.8. The summed E-state index contributed by atoms with van der Waals surface area (Å²) >= 11 is 0. The number of nitrogens with one attached hydrogen (secondary N) is 3. The molecule has 1 heterocycles. The summed E-state index contributed by atoms with van der Waals surface area (Å²) in [4.78, 5) is 69.9. The summed E-state index contributed by atoms with van der Waals surface area (Å²) in [5.41, 5.74) is -1.80. The number of aliphatic hydroxyl groups is 1. The molecule has 1 aromatic carbocycles. The van der Waals surface area contributed by atoms with Gasteiger partial charge in [-0.3, -0.25) is 24.0 Å².